The predicted molar refractivity (Wildman–Crippen MR) is 66.4 cm³/mol. The van der Waals surface area contributed by atoms with Gasteiger partial charge < -0.3 is 9.84 Å². The number of aliphatic carboxylic acids is 1. The highest BCUT2D eigenvalue weighted by Gasteiger charge is 2.31. The second-order valence-corrected chi connectivity index (χ2v) is 4.87. The fraction of sp³-hybridized carbons (Fsp3) is 0.417. The highest BCUT2D eigenvalue weighted by molar-refractivity contribution is 9.10. The molecule has 0 aliphatic heterocycles. The molecule has 0 saturated carbocycles. The second kappa shape index (κ2) is 6.27. The lowest BCUT2D eigenvalue weighted by molar-refractivity contribution is -0.145. The third kappa shape index (κ3) is 4.41. The van der Waals surface area contributed by atoms with Gasteiger partial charge in [0.25, 0.3) is 5.92 Å². The number of hydrogen-bond acceptors (Lipinski definition) is 2. The number of ether oxygens (including phenoxy) is 1. The number of alkyl halides is 3. The molecule has 1 aromatic rings. The Bertz CT molecular complexity index is 460. The molecule has 1 atom stereocenters. The van der Waals surface area contributed by atoms with E-state index in [4.69, 9.17) is 9.84 Å². The van der Waals surface area contributed by atoms with Gasteiger partial charge in [0.2, 0.25) is 0 Å². The summed E-state index contributed by atoms with van der Waals surface area (Å²) in [7, 11) is 0. The average Bonchev–Trinajstić information content (AvgIpc) is 2.29. The Morgan fingerprint density at radius 2 is 2.16 bits per heavy atom. The lowest BCUT2D eigenvalue weighted by Gasteiger charge is -2.20. The molecule has 1 unspecified atom stereocenters. The lowest BCUT2D eigenvalue weighted by Crippen LogP contribution is -2.28. The number of hydrogen-bond donors (Lipinski definition) is 1. The Morgan fingerprint density at radius 3 is 2.63 bits per heavy atom. The summed E-state index contributed by atoms with van der Waals surface area (Å²) < 4.78 is 44.4. The van der Waals surface area contributed by atoms with Crippen LogP contribution in [0.2, 0.25) is 0 Å². The number of rotatable bonds is 6. The van der Waals surface area contributed by atoms with E-state index in [0.29, 0.717) is 11.4 Å². The summed E-state index contributed by atoms with van der Waals surface area (Å²) in [5, 5.41) is 8.83. The van der Waals surface area contributed by atoms with Crippen molar-refractivity contribution in [3.05, 3.63) is 28.2 Å². The average molecular weight is 341 g/mol. The molecule has 0 radical (unpaired) electrons. The minimum atomic E-state index is -3.20. The molecule has 0 spiro atoms. The van der Waals surface area contributed by atoms with Crippen molar-refractivity contribution in [2.75, 3.05) is 6.67 Å². The van der Waals surface area contributed by atoms with Crippen LogP contribution in [0.5, 0.6) is 5.75 Å². The predicted octanol–water partition coefficient (Wildman–Crippen LogP) is 3.75. The Morgan fingerprint density at radius 1 is 1.53 bits per heavy atom. The van der Waals surface area contributed by atoms with Crippen molar-refractivity contribution in [2.24, 2.45) is 0 Å². The summed E-state index contributed by atoms with van der Waals surface area (Å²) in [6, 6.07) is 3.81. The minimum absolute atomic E-state index is 0.267. The topological polar surface area (TPSA) is 46.5 Å². The number of carbonyl (C=O) groups is 1. The van der Waals surface area contributed by atoms with E-state index >= 15 is 0 Å². The van der Waals surface area contributed by atoms with E-state index in [9.17, 15) is 18.0 Å². The molecule has 1 aromatic carbocycles. The molecule has 7 heteroatoms. The van der Waals surface area contributed by atoms with Gasteiger partial charge in [0.15, 0.2) is 6.10 Å². The fourth-order valence-electron chi connectivity index (χ4n) is 1.43. The molecule has 0 saturated heterocycles. The first-order chi connectivity index (χ1) is 8.75. The first kappa shape index (κ1) is 15.8. The van der Waals surface area contributed by atoms with Gasteiger partial charge in [-0.25, -0.2) is 13.6 Å². The van der Waals surface area contributed by atoms with Crippen LogP contribution in [0.15, 0.2) is 22.7 Å². The molecule has 1 N–H and O–H groups in total. The van der Waals surface area contributed by atoms with Gasteiger partial charge >= 0.3 is 5.97 Å². The molecule has 3 nitrogen and oxygen atoms in total. The molecule has 0 aliphatic rings. The number of carboxylic acid groups (broad SMARTS) is 1. The molecule has 19 heavy (non-hydrogen) atoms. The summed E-state index contributed by atoms with van der Waals surface area (Å²) in [5.41, 5.74) is -0.452. The van der Waals surface area contributed by atoms with Crippen LogP contribution in [0.3, 0.4) is 0 Å². The van der Waals surface area contributed by atoms with Crippen molar-refractivity contribution in [3.8, 4) is 5.75 Å². The second-order valence-electron chi connectivity index (χ2n) is 3.95. The van der Waals surface area contributed by atoms with Gasteiger partial charge in [0, 0.05) is 17.8 Å². The normalized spacial score (nSPS) is 13.1. The summed E-state index contributed by atoms with van der Waals surface area (Å²) in [6.07, 6.45) is -1.90. The van der Waals surface area contributed by atoms with Crippen LogP contribution >= 0.6 is 15.9 Å². The quantitative estimate of drug-likeness (QED) is 0.857. The van der Waals surface area contributed by atoms with Gasteiger partial charge in [-0.05, 0) is 18.2 Å². The van der Waals surface area contributed by atoms with Crippen LogP contribution in [0.25, 0.3) is 0 Å². The standard InChI is InChI=1S/C12H12BrF3O3/c1-12(15,16)8-6-7(13)2-3-9(8)19-10(4-5-14)11(17)18/h2-3,6,10H,4-5H2,1H3,(H,17,18). The van der Waals surface area contributed by atoms with Crippen molar-refractivity contribution in [2.45, 2.75) is 25.4 Å². The minimum Gasteiger partial charge on any atom is -0.479 e. The highest BCUT2D eigenvalue weighted by Crippen LogP contribution is 2.37. The van der Waals surface area contributed by atoms with Crippen LogP contribution in [0.4, 0.5) is 13.2 Å². The fourth-order valence-corrected chi connectivity index (χ4v) is 1.79. The Kier molecular flexibility index (Phi) is 5.22. The summed E-state index contributed by atoms with van der Waals surface area (Å²) in [6.45, 7) is -0.238. The van der Waals surface area contributed by atoms with Gasteiger partial charge in [-0.2, -0.15) is 0 Å². The molecular weight excluding hydrogens is 329 g/mol. The van der Waals surface area contributed by atoms with E-state index in [1.807, 2.05) is 0 Å². The number of benzene rings is 1. The molecule has 1 rings (SSSR count). The van der Waals surface area contributed by atoms with Crippen LogP contribution in [-0.4, -0.2) is 23.9 Å². The number of carboxylic acids is 1. The zero-order chi connectivity index (χ0) is 14.6. The first-order valence-electron chi connectivity index (χ1n) is 5.39. The van der Waals surface area contributed by atoms with Crippen molar-refractivity contribution >= 4 is 21.9 Å². The smallest absolute Gasteiger partial charge is 0.344 e. The van der Waals surface area contributed by atoms with Crippen LogP contribution in [-0.2, 0) is 10.7 Å². The monoisotopic (exact) mass is 340 g/mol. The first-order valence-corrected chi connectivity index (χ1v) is 6.18. The molecule has 0 fully saturated rings. The van der Waals surface area contributed by atoms with Gasteiger partial charge in [-0.3, -0.25) is 4.39 Å². The molecule has 0 amide bonds. The van der Waals surface area contributed by atoms with Crippen LogP contribution in [0.1, 0.15) is 18.9 Å². The lowest BCUT2D eigenvalue weighted by atomic mass is 10.1. The molecule has 0 bridgehead atoms. The molecular formula is C12H12BrF3O3. The molecule has 0 aliphatic carbocycles. The summed E-state index contributed by atoms with van der Waals surface area (Å²) in [4.78, 5) is 10.8. The van der Waals surface area contributed by atoms with E-state index in [-0.39, 0.29) is 5.75 Å². The third-order valence-electron chi connectivity index (χ3n) is 2.33. The van der Waals surface area contributed by atoms with E-state index in [1.165, 1.54) is 12.1 Å². The maximum atomic E-state index is 13.4. The maximum Gasteiger partial charge on any atom is 0.344 e. The van der Waals surface area contributed by atoms with Gasteiger partial charge in [0.05, 0.1) is 12.2 Å². The zero-order valence-corrected chi connectivity index (χ0v) is 11.6. The molecule has 0 heterocycles. The zero-order valence-electron chi connectivity index (χ0n) is 10.00. The Labute approximate surface area is 116 Å². The molecule has 0 aromatic heterocycles. The number of halogens is 4. The maximum absolute atomic E-state index is 13.4. The van der Waals surface area contributed by atoms with Crippen molar-refractivity contribution in [1.82, 2.24) is 0 Å². The van der Waals surface area contributed by atoms with E-state index in [1.54, 1.807) is 0 Å². The van der Waals surface area contributed by atoms with Crippen LogP contribution in [0, 0.1) is 0 Å². The van der Waals surface area contributed by atoms with E-state index < -0.39 is 36.7 Å². The SMILES string of the molecule is CC(F)(F)c1cc(Br)ccc1OC(CCF)C(=O)O. The summed E-state index contributed by atoms with van der Waals surface area (Å²) in [5.74, 6) is -4.86. The van der Waals surface area contributed by atoms with Crippen molar-refractivity contribution in [3.63, 3.8) is 0 Å². The third-order valence-corrected chi connectivity index (χ3v) is 2.82. The van der Waals surface area contributed by atoms with E-state index in [0.717, 1.165) is 6.07 Å². The molecule has 106 valence electrons. The highest BCUT2D eigenvalue weighted by atomic mass is 79.9. The van der Waals surface area contributed by atoms with E-state index in [2.05, 4.69) is 15.9 Å². The largest absolute Gasteiger partial charge is 0.479 e. The Balaban J connectivity index is 3.09. The van der Waals surface area contributed by atoms with Gasteiger partial charge in [-0.1, -0.05) is 15.9 Å². The summed E-state index contributed by atoms with van der Waals surface area (Å²) >= 11 is 3.05. The van der Waals surface area contributed by atoms with Gasteiger partial charge in [-0.15, -0.1) is 0 Å². The van der Waals surface area contributed by atoms with Crippen LogP contribution < -0.4 is 4.74 Å². The Hall–Kier alpha value is -1.24. The van der Waals surface area contributed by atoms with Crippen molar-refractivity contribution in [1.29, 1.82) is 0 Å². The van der Waals surface area contributed by atoms with Crippen molar-refractivity contribution < 1.29 is 27.8 Å². The van der Waals surface area contributed by atoms with Gasteiger partial charge in [0.1, 0.15) is 5.75 Å².